The summed E-state index contributed by atoms with van der Waals surface area (Å²) in [5.41, 5.74) is 0. The summed E-state index contributed by atoms with van der Waals surface area (Å²) in [6, 6.07) is 0. The van der Waals surface area contributed by atoms with Gasteiger partial charge in [-0.15, -0.1) is 0 Å². The first-order valence-electron chi connectivity index (χ1n) is 2.73. The molecule has 0 aliphatic rings. The second kappa shape index (κ2) is 5.70. The molecular weight excluding hydrogens is 86.1 g/mol. The van der Waals surface area contributed by atoms with Crippen LogP contribution in [0.4, 0.5) is 0 Å². The monoisotopic (exact) mass is 99.1 g/mol. The fraction of sp³-hybridized carbons (Fsp3) is 0.667. The van der Waals surface area contributed by atoms with Gasteiger partial charge in [0, 0.05) is 6.54 Å². The Morgan fingerprint density at radius 2 is 2.29 bits per heavy atom. The fourth-order valence-corrected chi connectivity index (χ4v) is 0.346. The summed E-state index contributed by atoms with van der Waals surface area (Å²) in [6.45, 7) is 6.19. The van der Waals surface area contributed by atoms with Crippen LogP contribution in [0.5, 0.6) is 0 Å². The Morgan fingerprint density at radius 1 is 1.57 bits per heavy atom. The number of rotatable bonds is 3. The van der Waals surface area contributed by atoms with Gasteiger partial charge in [0.1, 0.15) is 0 Å². The maximum atomic E-state index is 3.16. The first kappa shape index (κ1) is 6.70. The third kappa shape index (κ3) is 5.70. The molecule has 0 spiro atoms. The van der Waals surface area contributed by atoms with E-state index in [0.29, 0.717) is 0 Å². The van der Waals surface area contributed by atoms with Crippen molar-refractivity contribution in [2.75, 3.05) is 13.1 Å². The molecule has 0 unspecified atom stereocenters. The molecule has 0 aromatic rings. The highest BCUT2D eigenvalue weighted by Gasteiger charge is 1.68. The van der Waals surface area contributed by atoms with Crippen molar-refractivity contribution in [2.24, 2.45) is 0 Å². The number of allylic oxidation sites excluding steroid dienone is 1. The molecule has 0 heterocycles. The highest BCUT2D eigenvalue weighted by atomic mass is 14.8. The Bertz CT molecular complexity index is 48.1. The molecular formula is C6H13N. The van der Waals surface area contributed by atoms with Crippen LogP contribution in [-0.2, 0) is 0 Å². The SMILES string of the molecule is C/C=C\CNCC. The predicted octanol–water partition coefficient (Wildman–Crippen LogP) is 1.17. The van der Waals surface area contributed by atoms with E-state index < -0.39 is 0 Å². The summed E-state index contributed by atoms with van der Waals surface area (Å²) in [5, 5.41) is 3.16. The number of hydrogen-bond donors (Lipinski definition) is 1. The number of likely N-dealkylation sites (N-methyl/N-ethyl adjacent to an activating group) is 1. The highest BCUT2D eigenvalue weighted by molar-refractivity contribution is 4.78. The lowest BCUT2D eigenvalue weighted by Crippen LogP contribution is -2.11. The molecule has 1 nitrogen and oxygen atoms in total. The molecule has 42 valence electrons. The molecule has 0 atom stereocenters. The molecule has 0 saturated heterocycles. The molecule has 0 aliphatic heterocycles. The Labute approximate surface area is 45.4 Å². The first-order chi connectivity index (χ1) is 3.41. The van der Waals surface area contributed by atoms with Crippen molar-refractivity contribution in [3.05, 3.63) is 12.2 Å². The topological polar surface area (TPSA) is 12.0 Å². The minimum absolute atomic E-state index is 1.01. The van der Waals surface area contributed by atoms with Gasteiger partial charge in [-0.3, -0.25) is 0 Å². The first-order valence-corrected chi connectivity index (χ1v) is 2.73. The second-order valence-corrected chi connectivity index (χ2v) is 1.38. The zero-order chi connectivity index (χ0) is 5.54. The Hall–Kier alpha value is -0.300. The van der Waals surface area contributed by atoms with Crippen molar-refractivity contribution < 1.29 is 0 Å². The zero-order valence-corrected chi connectivity index (χ0v) is 5.07. The van der Waals surface area contributed by atoms with Crippen LogP contribution in [-0.4, -0.2) is 13.1 Å². The molecule has 1 N–H and O–H groups in total. The van der Waals surface area contributed by atoms with Crippen molar-refractivity contribution in [1.29, 1.82) is 0 Å². The molecule has 0 saturated carbocycles. The average Bonchev–Trinajstić information content (AvgIpc) is 1.69. The smallest absolute Gasteiger partial charge is 0.0134 e. The van der Waals surface area contributed by atoms with E-state index in [0.717, 1.165) is 13.1 Å². The van der Waals surface area contributed by atoms with E-state index >= 15 is 0 Å². The van der Waals surface area contributed by atoms with Crippen LogP contribution in [0.25, 0.3) is 0 Å². The van der Waals surface area contributed by atoms with Gasteiger partial charge in [-0.2, -0.15) is 0 Å². The molecule has 0 aromatic carbocycles. The molecule has 0 aliphatic carbocycles. The van der Waals surface area contributed by atoms with Gasteiger partial charge in [-0.05, 0) is 13.5 Å². The van der Waals surface area contributed by atoms with Crippen molar-refractivity contribution >= 4 is 0 Å². The molecule has 0 bridgehead atoms. The molecule has 0 fully saturated rings. The largest absolute Gasteiger partial charge is 0.314 e. The molecule has 7 heavy (non-hydrogen) atoms. The minimum atomic E-state index is 1.01. The number of nitrogens with one attached hydrogen (secondary N) is 1. The van der Waals surface area contributed by atoms with Crippen LogP contribution in [0.3, 0.4) is 0 Å². The van der Waals surface area contributed by atoms with E-state index in [4.69, 9.17) is 0 Å². The normalized spacial score (nSPS) is 10.6. The lowest BCUT2D eigenvalue weighted by Gasteiger charge is -1.89. The number of hydrogen-bond acceptors (Lipinski definition) is 1. The summed E-state index contributed by atoms with van der Waals surface area (Å²) >= 11 is 0. The average molecular weight is 99.2 g/mol. The molecule has 0 rings (SSSR count). The third-order valence-electron chi connectivity index (χ3n) is 0.748. The van der Waals surface area contributed by atoms with Gasteiger partial charge in [0.15, 0.2) is 0 Å². The molecule has 0 amide bonds. The third-order valence-corrected chi connectivity index (χ3v) is 0.748. The summed E-state index contributed by atoms with van der Waals surface area (Å²) in [6.07, 6.45) is 4.14. The maximum Gasteiger partial charge on any atom is 0.0134 e. The van der Waals surface area contributed by atoms with E-state index in [1.54, 1.807) is 0 Å². The van der Waals surface area contributed by atoms with Crippen LogP contribution in [0, 0.1) is 0 Å². The van der Waals surface area contributed by atoms with Gasteiger partial charge in [-0.1, -0.05) is 19.1 Å². The van der Waals surface area contributed by atoms with E-state index in [1.807, 2.05) is 13.0 Å². The second-order valence-electron chi connectivity index (χ2n) is 1.38. The van der Waals surface area contributed by atoms with Gasteiger partial charge >= 0.3 is 0 Å². The van der Waals surface area contributed by atoms with Crippen molar-refractivity contribution in [1.82, 2.24) is 5.32 Å². The summed E-state index contributed by atoms with van der Waals surface area (Å²) in [7, 11) is 0. The van der Waals surface area contributed by atoms with E-state index in [-0.39, 0.29) is 0 Å². The van der Waals surface area contributed by atoms with Gasteiger partial charge < -0.3 is 5.32 Å². The zero-order valence-electron chi connectivity index (χ0n) is 5.07. The van der Waals surface area contributed by atoms with Gasteiger partial charge in [0.25, 0.3) is 0 Å². The van der Waals surface area contributed by atoms with Crippen LogP contribution in [0.15, 0.2) is 12.2 Å². The highest BCUT2D eigenvalue weighted by Crippen LogP contribution is 1.64. The molecule has 0 aromatic heterocycles. The Morgan fingerprint density at radius 3 is 2.71 bits per heavy atom. The lowest BCUT2D eigenvalue weighted by molar-refractivity contribution is 0.799. The summed E-state index contributed by atoms with van der Waals surface area (Å²) in [5.74, 6) is 0. The summed E-state index contributed by atoms with van der Waals surface area (Å²) in [4.78, 5) is 0. The predicted molar refractivity (Wildman–Crippen MR) is 33.4 cm³/mol. The van der Waals surface area contributed by atoms with Crippen molar-refractivity contribution in [3.63, 3.8) is 0 Å². The van der Waals surface area contributed by atoms with Crippen molar-refractivity contribution in [3.8, 4) is 0 Å². The molecule has 0 radical (unpaired) electrons. The minimum Gasteiger partial charge on any atom is -0.314 e. The Balaban J connectivity index is 2.69. The van der Waals surface area contributed by atoms with E-state index in [9.17, 15) is 0 Å². The standard InChI is InChI=1S/C6H13N/c1-3-5-6-7-4-2/h3,5,7H,4,6H2,1-2H3/b5-3-. The quantitative estimate of drug-likeness (QED) is 0.413. The van der Waals surface area contributed by atoms with Crippen molar-refractivity contribution in [2.45, 2.75) is 13.8 Å². The fourth-order valence-electron chi connectivity index (χ4n) is 0.346. The van der Waals surface area contributed by atoms with Crippen LogP contribution < -0.4 is 5.32 Å². The van der Waals surface area contributed by atoms with Crippen LogP contribution in [0.2, 0.25) is 0 Å². The lowest BCUT2D eigenvalue weighted by atomic mass is 10.5. The Kier molecular flexibility index (Phi) is 5.46. The van der Waals surface area contributed by atoms with E-state index in [2.05, 4.69) is 18.3 Å². The summed E-state index contributed by atoms with van der Waals surface area (Å²) < 4.78 is 0. The van der Waals surface area contributed by atoms with E-state index in [1.165, 1.54) is 0 Å². The molecule has 1 heteroatoms. The van der Waals surface area contributed by atoms with Gasteiger partial charge in [-0.25, -0.2) is 0 Å². The van der Waals surface area contributed by atoms with Crippen LogP contribution in [0.1, 0.15) is 13.8 Å². The maximum absolute atomic E-state index is 3.16. The van der Waals surface area contributed by atoms with Crippen LogP contribution >= 0.6 is 0 Å². The van der Waals surface area contributed by atoms with Gasteiger partial charge in [0.2, 0.25) is 0 Å². The van der Waals surface area contributed by atoms with Gasteiger partial charge in [0.05, 0.1) is 0 Å².